The van der Waals surface area contributed by atoms with Crippen molar-refractivity contribution in [1.29, 1.82) is 0 Å². The van der Waals surface area contributed by atoms with E-state index in [0.29, 0.717) is 17.9 Å². The third-order valence-electron chi connectivity index (χ3n) is 4.32. The molecule has 2 aliphatic carbocycles. The Kier molecular flexibility index (Phi) is 2.40. The quantitative estimate of drug-likeness (QED) is 0.515. The summed E-state index contributed by atoms with van der Waals surface area (Å²) >= 11 is 0. The zero-order valence-corrected chi connectivity index (χ0v) is 10.0. The number of ether oxygens (including phenoxy) is 1. The summed E-state index contributed by atoms with van der Waals surface area (Å²) in [6.07, 6.45) is 3.53. The molecule has 84 valence electrons. The standard InChI is InChI=1S/C13H20O2/c1-8-5-6-11-12(13(11,3)4)10(8)7-15-9(2)14/h5,10-12H,6-7H2,1-4H3. The lowest BCUT2D eigenvalue weighted by atomic mass is 9.88. The Labute approximate surface area is 91.7 Å². The van der Waals surface area contributed by atoms with Gasteiger partial charge in [-0.25, -0.2) is 0 Å². The minimum Gasteiger partial charge on any atom is -0.465 e. The van der Waals surface area contributed by atoms with Gasteiger partial charge in [-0.1, -0.05) is 25.5 Å². The zero-order valence-electron chi connectivity index (χ0n) is 10.0. The van der Waals surface area contributed by atoms with Gasteiger partial charge < -0.3 is 4.74 Å². The SMILES string of the molecule is CC(=O)OCC1C(C)=CCC2C1C2(C)C. The molecule has 2 nitrogen and oxygen atoms in total. The fourth-order valence-electron chi connectivity index (χ4n) is 3.23. The van der Waals surface area contributed by atoms with Gasteiger partial charge in [0.05, 0.1) is 6.61 Å². The maximum absolute atomic E-state index is 10.8. The van der Waals surface area contributed by atoms with Crippen LogP contribution in [0.25, 0.3) is 0 Å². The molecule has 2 aliphatic rings. The maximum atomic E-state index is 10.8. The number of esters is 1. The fraction of sp³-hybridized carbons (Fsp3) is 0.769. The average Bonchev–Trinajstić information content (AvgIpc) is 2.67. The molecule has 0 amide bonds. The molecule has 2 heteroatoms. The number of allylic oxidation sites excluding steroid dienone is 1. The highest BCUT2D eigenvalue weighted by molar-refractivity contribution is 5.65. The largest absolute Gasteiger partial charge is 0.465 e. The Bertz CT molecular complexity index is 314. The summed E-state index contributed by atoms with van der Waals surface area (Å²) in [4.78, 5) is 10.8. The molecule has 0 aromatic heterocycles. The van der Waals surface area contributed by atoms with Crippen LogP contribution in [-0.2, 0) is 9.53 Å². The summed E-state index contributed by atoms with van der Waals surface area (Å²) < 4.78 is 5.16. The monoisotopic (exact) mass is 208 g/mol. The van der Waals surface area contributed by atoms with Crippen LogP contribution in [0.4, 0.5) is 0 Å². The van der Waals surface area contributed by atoms with Crippen LogP contribution in [0.3, 0.4) is 0 Å². The third-order valence-corrected chi connectivity index (χ3v) is 4.32. The summed E-state index contributed by atoms with van der Waals surface area (Å²) in [6.45, 7) is 8.88. The van der Waals surface area contributed by atoms with Crippen molar-refractivity contribution in [2.24, 2.45) is 23.2 Å². The molecule has 0 heterocycles. The second-order valence-corrected chi connectivity index (χ2v) is 5.55. The van der Waals surface area contributed by atoms with E-state index in [1.807, 2.05) is 0 Å². The third kappa shape index (κ3) is 1.70. The Morgan fingerprint density at radius 3 is 2.87 bits per heavy atom. The minimum absolute atomic E-state index is 0.164. The smallest absolute Gasteiger partial charge is 0.302 e. The summed E-state index contributed by atoms with van der Waals surface area (Å²) in [5.74, 6) is 1.83. The molecule has 3 unspecified atom stereocenters. The number of hydrogen-bond donors (Lipinski definition) is 0. The molecule has 15 heavy (non-hydrogen) atoms. The van der Waals surface area contributed by atoms with E-state index in [1.54, 1.807) is 0 Å². The van der Waals surface area contributed by atoms with Gasteiger partial charge in [0.25, 0.3) is 0 Å². The second kappa shape index (κ2) is 3.36. The van der Waals surface area contributed by atoms with E-state index in [9.17, 15) is 4.79 Å². The second-order valence-electron chi connectivity index (χ2n) is 5.55. The van der Waals surface area contributed by atoms with Crippen molar-refractivity contribution in [2.75, 3.05) is 6.61 Å². The molecule has 0 bridgehead atoms. The Morgan fingerprint density at radius 1 is 1.60 bits per heavy atom. The van der Waals surface area contributed by atoms with E-state index in [1.165, 1.54) is 18.9 Å². The summed E-state index contributed by atoms with van der Waals surface area (Å²) in [7, 11) is 0. The molecule has 0 aromatic carbocycles. The number of carbonyl (C=O) groups is 1. The summed E-state index contributed by atoms with van der Waals surface area (Å²) in [5.41, 5.74) is 1.85. The highest BCUT2D eigenvalue weighted by Gasteiger charge is 2.61. The van der Waals surface area contributed by atoms with E-state index < -0.39 is 0 Å². The first-order chi connectivity index (χ1) is 6.94. The zero-order chi connectivity index (χ0) is 11.2. The van der Waals surface area contributed by atoms with Crippen LogP contribution < -0.4 is 0 Å². The number of carbonyl (C=O) groups excluding carboxylic acids is 1. The molecular formula is C13H20O2. The van der Waals surface area contributed by atoms with Gasteiger partial charge in [-0.3, -0.25) is 4.79 Å². The molecule has 0 N–H and O–H groups in total. The fourth-order valence-corrected chi connectivity index (χ4v) is 3.23. The first kappa shape index (κ1) is 10.7. The van der Waals surface area contributed by atoms with Crippen LogP contribution in [0.2, 0.25) is 0 Å². The summed E-state index contributed by atoms with van der Waals surface area (Å²) in [5, 5.41) is 0. The highest BCUT2D eigenvalue weighted by Crippen LogP contribution is 2.66. The van der Waals surface area contributed by atoms with E-state index in [0.717, 1.165) is 11.8 Å². The Morgan fingerprint density at radius 2 is 2.27 bits per heavy atom. The molecule has 1 fully saturated rings. The minimum atomic E-state index is -0.164. The Hall–Kier alpha value is -0.790. The van der Waals surface area contributed by atoms with Gasteiger partial charge in [0, 0.05) is 12.8 Å². The van der Waals surface area contributed by atoms with Gasteiger partial charge in [-0.05, 0) is 30.6 Å². The van der Waals surface area contributed by atoms with Crippen molar-refractivity contribution >= 4 is 5.97 Å². The van der Waals surface area contributed by atoms with Crippen LogP contribution >= 0.6 is 0 Å². The molecule has 0 spiro atoms. The molecule has 0 saturated heterocycles. The van der Waals surface area contributed by atoms with E-state index in [2.05, 4.69) is 26.8 Å². The van der Waals surface area contributed by atoms with Crippen molar-refractivity contribution < 1.29 is 9.53 Å². The topological polar surface area (TPSA) is 26.3 Å². The van der Waals surface area contributed by atoms with Crippen LogP contribution in [0.1, 0.15) is 34.1 Å². The first-order valence-electron chi connectivity index (χ1n) is 5.74. The molecule has 0 radical (unpaired) electrons. The van der Waals surface area contributed by atoms with Gasteiger partial charge in [0.1, 0.15) is 0 Å². The number of hydrogen-bond acceptors (Lipinski definition) is 2. The highest BCUT2D eigenvalue weighted by atomic mass is 16.5. The van der Waals surface area contributed by atoms with Crippen LogP contribution in [-0.4, -0.2) is 12.6 Å². The van der Waals surface area contributed by atoms with Crippen molar-refractivity contribution in [3.05, 3.63) is 11.6 Å². The molecule has 2 rings (SSSR count). The van der Waals surface area contributed by atoms with E-state index >= 15 is 0 Å². The van der Waals surface area contributed by atoms with Crippen LogP contribution in [0, 0.1) is 23.2 Å². The normalized spacial score (nSPS) is 36.5. The number of fused-ring (bicyclic) bond motifs is 1. The van der Waals surface area contributed by atoms with Gasteiger partial charge in [-0.2, -0.15) is 0 Å². The average molecular weight is 208 g/mol. The van der Waals surface area contributed by atoms with Crippen LogP contribution in [0.5, 0.6) is 0 Å². The summed E-state index contributed by atoms with van der Waals surface area (Å²) in [6, 6.07) is 0. The van der Waals surface area contributed by atoms with E-state index in [-0.39, 0.29) is 5.97 Å². The number of rotatable bonds is 2. The lowest BCUT2D eigenvalue weighted by Crippen LogP contribution is -2.19. The molecule has 1 saturated carbocycles. The Balaban J connectivity index is 2.05. The van der Waals surface area contributed by atoms with Crippen molar-refractivity contribution in [2.45, 2.75) is 34.1 Å². The van der Waals surface area contributed by atoms with Gasteiger partial charge in [0.15, 0.2) is 0 Å². The van der Waals surface area contributed by atoms with Crippen molar-refractivity contribution in [1.82, 2.24) is 0 Å². The lowest BCUT2D eigenvalue weighted by Gasteiger charge is -2.21. The van der Waals surface area contributed by atoms with Gasteiger partial charge >= 0.3 is 5.97 Å². The van der Waals surface area contributed by atoms with Gasteiger partial charge in [-0.15, -0.1) is 0 Å². The first-order valence-corrected chi connectivity index (χ1v) is 5.74. The van der Waals surface area contributed by atoms with E-state index in [4.69, 9.17) is 4.74 Å². The predicted molar refractivity (Wildman–Crippen MR) is 59.3 cm³/mol. The molecule has 3 atom stereocenters. The molecule has 0 aromatic rings. The predicted octanol–water partition coefficient (Wildman–Crippen LogP) is 2.79. The van der Waals surface area contributed by atoms with Crippen molar-refractivity contribution in [3.8, 4) is 0 Å². The molecular weight excluding hydrogens is 188 g/mol. The van der Waals surface area contributed by atoms with Crippen molar-refractivity contribution in [3.63, 3.8) is 0 Å². The van der Waals surface area contributed by atoms with Crippen LogP contribution in [0.15, 0.2) is 11.6 Å². The lowest BCUT2D eigenvalue weighted by molar-refractivity contribution is -0.142. The molecule has 0 aliphatic heterocycles. The maximum Gasteiger partial charge on any atom is 0.302 e. The van der Waals surface area contributed by atoms with Gasteiger partial charge in [0.2, 0.25) is 0 Å².